The number of aromatic amines is 1. The van der Waals surface area contributed by atoms with Crippen LogP contribution in [-0.4, -0.2) is 53.0 Å². The van der Waals surface area contributed by atoms with Gasteiger partial charge in [-0.1, -0.05) is 24.3 Å². The number of aromatic nitrogens is 1. The van der Waals surface area contributed by atoms with Gasteiger partial charge in [0.25, 0.3) is 0 Å². The summed E-state index contributed by atoms with van der Waals surface area (Å²) < 4.78 is 5.68. The Morgan fingerprint density at radius 2 is 2.00 bits per heavy atom. The van der Waals surface area contributed by atoms with Crippen molar-refractivity contribution < 1.29 is 14.3 Å². The monoisotopic (exact) mass is 388 g/mol. The molecule has 1 saturated heterocycles. The number of carbonyl (C=O) groups excluding carboxylic acids is 2. The van der Waals surface area contributed by atoms with Crippen molar-refractivity contribution in [1.82, 2.24) is 14.8 Å². The lowest BCUT2D eigenvalue weighted by atomic mass is 9.86. The summed E-state index contributed by atoms with van der Waals surface area (Å²) in [5.74, 6) is 0.728. The summed E-state index contributed by atoms with van der Waals surface area (Å²) in [4.78, 5) is 33.0. The van der Waals surface area contributed by atoms with Gasteiger partial charge in [-0.3, -0.25) is 9.59 Å². The van der Waals surface area contributed by atoms with Gasteiger partial charge in [-0.2, -0.15) is 0 Å². The van der Waals surface area contributed by atoms with Crippen LogP contribution in [-0.2, 0) is 16.0 Å². The summed E-state index contributed by atoms with van der Waals surface area (Å²) in [6, 6.07) is 13.2. The Morgan fingerprint density at radius 3 is 2.90 bits per heavy atom. The topological polar surface area (TPSA) is 77.7 Å². The van der Waals surface area contributed by atoms with Crippen molar-refractivity contribution >= 4 is 28.4 Å². The third-order valence-corrected chi connectivity index (χ3v) is 6.26. The number of hydrogen-bond acceptors (Lipinski definition) is 4. The van der Waals surface area contributed by atoms with Gasteiger partial charge in [0.15, 0.2) is 6.73 Å². The molecule has 29 heavy (non-hydrogen) atoms. The molecule has 3 aliphatic heterocycles. The Hall–Kier alpha value is -3.48. The second-order valence-corrected chi connectivity index (χ2v) is 7.90. The molecule has 2 amide bonds. The van der Waals surface area contributed by atoms with Gasteiger partial charge in [0.2, 0.25) is 11.8 Å². The second kappa shape index (κ2) is 5.76. The van der Waals surface area contributed by atoms with Crippen LogP contribution >= 0.6 is 0 Å². The van der Waals surface area contributed by atoms with E-state index in [1.54, 1.807) is 11.9 Å². The highest BCUT2D eigenvalue weighted by Gasteiger charge is 2.47. The highest BCUT2D eigenvalue weighted by atomic mass is 16.5. The number of carbonyl (C=O) groups is 2. The Morgan fingerprint density at radius 1 is 1.14 bits per heavy atom. The van der Waals surface area contributed by atoms with Crippen LogP contribution in [0.4, 0.5) is 5.69 Å². The van der Waals surface area contributed by atoms with Gasteiger partial charge in [-0.05, 0) is 29.3 Å². The quantitative estimate of drug-likeness (QED) is 0.670. The third-order valence-electron chi connectivity index (χ3n) is 6.26. The molecular weight excluding hydrogens is 368 g/mol. The molecule has 0 radical (unpaired) electrons. The number of ether oxygens (including phenoxy) is 1. The van der Waals surface area contributed by atoms with Gasteiger partial charge < -0.3 is 24.8 Å². The van der Waals surface area contributed by atoms with E-state index >= 15 is 0 Å². The maximum Gasteiger partial charge on any atom is 0.245 e. The summed E-state index contributed by atoms with van der Waals surface area (Å²) in [6.45, 7) is 0.542. The van der Waals surface area contributed by atoms with E-state index in [0.717, 1.165) is 39.2 Å². The number of amides is 2. The first-order valence-corrected chi connectivity index (χ1v) is 9.78. The molecule has 3 aromatic rings. The first-order valence-electron chi connectivity index (χ1n) is 9.78. The van der Waals surface area contributed by atoms with E-state index < -0.39 is 6.04 Å². The average Bonchev–Trinajstić information content (AvgIpc) is 3.34. The molecular formula is C22H20N4O3. The number of nitrogens with one attached hydrogen (secondary N) is 2. The molecule has 6 rings (SSSR count). The van der Waals surface area contributed by atoms with Gasteiger partial charge in [0.1, 0.15) is 11.8 Å². The summed E-state index contributed by atoms with van der Waals surface area (Å²) in [5.41, 5.74) is 5.01. The lowest BCUT2D eigenvalue weighted by Crippen LogP contribution is -2.62. The SMILES string of the molecule is CN1CC(=O)N2[C@H](c3ccc4c(c3)OCN4)c3[nH]c4ccccc4c3C[C@@H]2C1=O. The highest BCUT2D eigenvalue weighted by molar-refractivity contribution is 5.97. The average molecular weight is 388 g/mol. The smallest absolute Gasteiger partial charge is 0.245 e. The lowest BCUT2D eigenvalue weighted by Gasteiger charge is -2.46. The molecule has 2 atom stereocenters. The van der Waals surface area contributed by atoms with Crippen molar-refractivity contribution in [1.29, 1.82) is 0 Å². The molecule has 3 aliphatic rings. The van der Waals surface area contributed by atoms with E-state index in [2.05, 4.69) is 16.4 Å². The molecule has 0 bridgehead atoms. The molecule has 1 aromatic heterocycles. The molecule has 0 saturated carbocycles. The Balaban J connectivity index is 1.59. The van der Waals surface area contributed by atoms with Gasteiger partial charge in [-0.25, -0.2) is 0 Å². The summed E-state index contributed by atoms with van der Waals surface area (Å²) in [5, 5.41) is 4.29. The van der Waals surface area contributed by atoms with Crippen LogP contribution in [0.5, 0.6) is 5.75 Å². The van der Waals surface area contributed by atoms with Crippen molar-refractivity contribution in [3.05, 3.63) is 59.3 Å². The van der Waals surface area contributed by atoms with E-state index in [9.17, 15) is 9.59 Å². The number of hydrogen-bond donors (Lipinski definition) is 2. The molecule has 0 unspecified atom stereocenters. The van der Waals surface area contributed by atoms with Crippen LogP contribution in [0.1, 0.15) is 22.9 Å². The fraction of sp³-hybridized carbons (Fsp3) is 0.273. The maximum atomic E-state index is 13.1. The zero-order chi connectivity index (χ0) is 19.7. The molecule has 0 spiro atoms. The van der Waals surface area contributed by atoms with Gasteiger partial charge in [0.05, 0.1) is 18.3 Å². The number of fused-ring (bicyclic) bond motifs is 5. The normalized spacial score (nSPS) is 22.8. The molecule has 2 N–H and O–H groups in total. The van der Waals surface area contributed by atoms with Crippen molar-refractivity contribution in [2.24, 2.45) is 0 Å². The molecule has 0 aliphatic carbocycles. The summed E-state index contributed by atoms with van der Waals surface area (Å²) in [6.07, 6.45) is 0.522. The summed E-state index contributed by atoms with van der Waals surface area (Å²) >= 11 is 0. The number of likely N-dealkylation sites (N-methyl/N-ethyl adjacent to an activating group) is 1. The third kappa shape index (κ3) is 2.24. The van der Waals surface area contributed by atoms with Crippen LogP contribution in [0.15, 0.2) is 42.5 Å². The highest BCUT2D eigenvalue weighted by Crippen LogP contribution is 2.44. The minimum absolute atomic E-state index is 0.00962. The standard InChI is InChI=1S/C22H20N4O3/c1-25-10-19(27)26-17(22(25)28)9-14-13-4-2-3-5-15(13)24-20(14)21(26)12-6-7-16-18(8-12)29-11-23-16/h2-8,17,21,23-24H,9-11H2,1H3/t17-,21-/m1/s1. The first-order chi connectivity index (χ1) is 14.1. The molecule has 4 heterocycles. The fourth-order valence-corrected chi connectivity index (χ4v) is 4.92. The largest absolute Gasteiger partial charge is 0.471 e. The zero-order valence-electron chi connectivity index (χ0n) is 15.9. The van der Waals surface area contributed by atoms with Crippen LogP contribution in [0, 0.1) is 0 Å². The Kier molecular flexibility index (Phi) is 3.27. The van der Waals surface area contributed by atoms with Crippen LogP contribution in [0.3, 0.4) is 0 Å². The maximum absolute atomic E-state index is 13.1. The predicted octanol–water partition coefficient (Wildman–Crippen LogP) is 2.24. The number of para-hydroxylation sites is 1. The van der Waals surface area contributed by atoms with E-state index in [1.807, 2.05) is 36.4 Å². The second-order valence-electron chi connectivity index (χ2n) is 7.90. The van der Waals surface area contributed by atoms with Crippen LogP contribution < -0.4 is 10.1 Å². The minimum atomic E-state index is -0.495. The van der Waals surface area contributed by atoms with Crippen molar-refractivity contribution in [3.8, 4) is 5.75 Å². The molecule has 1 fully saturated rings. The van der Waals surface area contributed by atoms with E-state index in [4.69, 9.17) is 4.74 Å². The zero-order valence-corrected chi connectivity index (χ0v) is 15.9. The number of H-pyrrole nitrogens is 1. The van der Waals surface area contributed by atoms with E-state index in [1.165, 1.54) is 4.90 Å². The molecule has 146 valence electrons. The van der Waals surface area contributed by atoms with E-state index in [0.29, 0.717) is 13.2 Å². The van der Waals surface area contributed by atoms with Gasteiger partial charge >= 0.3 is 0 Å². The number of benzene rings is 2. The minimum Gasteiger partial charge on any atom is -0.471 e. The Labute approximate surface area is 167 Å². The van der Waals surface area contributed by atoms with Crippen LogP contribution in [0.25, 0.3) is 10.9 Å². The first kappa shape index (κ1) is 16.5. The molecule has 2 aromatic carbocycles. The lowest BCUT2D eigenvalue weighted by molar-refractivity contribution is -0.157. The molecule has 7 nitrogen and oxygen atoms in total. The van der Waals surface area contributed by atoms with Crippen molar-refractivity contribution in [2.75, 3.05) is 25.6 Å². The van der Waals surface area contributed by atoms with Crippen molar-refractivity contribution in [3.63, 3.8) is 0 Å². The van der Waals surface area contributed by atoms with E-state index in [-0.39, 0.29) is 24.4 Å². The molecule has 7 heteroatoms. The number of piperazine rings is 1. The number of nitrogens with zero attached hydrogens (tertiary/aromatic N) is 2. The van der Waals surface area contributed by atoms with Crippen molar-refractivity contribution in [2.45, 2.75) is 18.5 Å². The van der Waals surface area contributed by atoms with Gasteiger partial charge in [-0.15, -0.1) is 0 Å². The summed E-state index contributed by atoms with van der Waals surface area (Å²) in [7, 11) is 1.70. The number of anilines is 1. The predicted molar refractivity (Wildman–Crippen MR) is 108 cm³/mol. The number of rotatable bonds is 1. The van der Waals surface area contributed by atoms with Gasteiger partial charge in [0, 0.05) is 30.1 Å². The fourth-order valence-electron chi connectivity index (χ4n) is 4.92. The van der Waals surface area contributed by atoms with Crippen LogP contribution in [0.2, 0.25) is 0 Å². The Bertz CT molecular complexity index is 1180.